The first-order chi connectivity index (χ1) is 15.6. The number of morpholine rings is 1. The number of aromatic nitrogens is 1. The predicted molar refractivity (Wildman–Crippen MR) is 126 cm³/mol. The van der Waals surface area contributed by atoms with E-state index in [4.69, 9.17) is 9.15 Å². The quantitative estimate of drug-likeness (QED) is 0.715. The Morgan fingerprint density at radius 1 is 1.03 bits per heavy atom. The first-order valence-corrected chi connectivity index (χ1v) is 12.0. The number of nitrogens with zero attached hydrogens (tertiary/aromatic N) is 4. The number of oxazole rings is 1. The number of benzene rings is 1. The molecule has 32 heavy (non-hydrogen) atoms. The van der Waals surface area contributed by atoms with Gasteiger partial charge in [-0.3, -0.25) is 9.69 Å². The SMILES string of the molecule is CC(=O)N1CCCCCCCN(Cc2coc(C)n2)Cc2cc(N3CCOCC3)ccc21. The fourth-order valence-corrected chi connectivity index (χ4v) is 4.73. The van der Waals surface area contributed by atoms with Gasteiger partial charge in [-0.15, -0.1) is 0 Å². The largest absolute Gasteiger partial charge is 0.449 e. The van der Waals surface area contributed by atoms with E-state index in [1.807, 2.05) is 11.8 Å². The Labute approximate surface area is 191 Å². The number of amides is 1. The summed E-state index contributed by atoms with van der Waals surface area (Å²) < 4.78 is 11.0. The molecule has 0 N–H and O–H groups in total. The summed E-state index contributed by atoms with van der Waals surface area (Å²) in [6.07, 6.45) is 7.57. The van der Waals surface area contributed by atoms with Crippen LogP contribution in [0.25, 0.3) is 0 Å². The van der Waals surface area contributed by atoms with Crippen molar-refractivity contribution in [2.45, 2.75) is 59.0 Å². The zero-order valence-corrected chi connectivity index (χ0v) is 19.5. The third-order valence-electron chi connectivity index (χ3n) is 6.41. The Balaban J connectivity index is 1.66. The lowest BCUT2D eigenvalue weighted by Crippen LogP contribution is -2.36. The van der Waals surface area contributed by atoms with Gasteiger partial charge in [-0.05, 0) is 43.1 Å². The lowest BCUT2D eigenvalue weighted by molar-refractivity contribution is -0.116. The molecule has 0 atom stereocenters. The molecule has 1 aromatic heterocycles. The van der Waals surface area contributed by atoms with Crippen molar-refractivity contribution in [1.29, 1.82) is 0 Å². The van der Waals surface area contributed by atoms with Crippen LogP contribution in [0.5, 0.6) is 0 Å². The van der Waals surface area contributed by atoms with Crippen molar-refractivity contribution in [3.05, 3.63) is 41.6 Å². The molecule has 3 heterocycles. The van der Waals surface area contributed by atoms with E-state index in [0.717, 1.165) is 76.7 Å². The van der Waals surface area contributed by atoms with E-state index in [-0.39, 0.29) is 5.91 Å². The second-order valence-electron chi connectivity index (χ2n) is 8.92. The highest BCUT2D eigenvalue weighted by Crippen LogP contribution is 2.30. The molecule has 7 nitrogen and oxygen atoms in total. The number of hydrogen-bond donors (Lipinski definition) is 0. The van der Waals surface area contributed by atoms with Crippen molar-refractivity contribution >= 4 is 17.3 Å². The van der Waals surface area contributed by atoms with Gasteiger partial charge in [0.25, 0.3) is 0 Å². The van der Waals surface area contributed by atoms with E-state index in [0.29, 0.717) is 5.89 Å². The number of fused-ring (bicyclic) bond motifs is 1. The Kier molecular flexibility index (Phi) is 7.81. The number of aryl methyl sites for hydroxylation is 1. The third-order valence-corrected chi connectivity index (χ3v) is 6.41. The van der Waals surface area contributed by atoms with E-state index in [9.17, 15) is 4.79 Å². The average Bonchev–Trinajstić information content (AvgIpc) is 3.19. The van der Waals surface area contributed by atoms with Crippen molar-refractivity contribution in [1.82, 2.24) is 9.88 Å². The van der Waals surface area contributed by atoms with Crippen molar-refractivity contribution in [3.63, 3.8) is 0 Å². The van der Waals surface area contributed by atoms with Gasteiger partial charge in [-0.1, -0.05) is 19.3 Å². The topological polar surface area (TPSA) is 62.1 Å². The summed E-state index contributed by atoms with van der Waals surface area (Å²) in [5, 5.41) is 0. The van der Waals surface area contributed by atoms with Gasteiger partial charge >= 0.3 is 0 Å². The van der Waals surface area contributed by atoms with Crippen LogP contribution >= 0.6 is 0 Å². The Morgan fingerprint density at radius 2 is 1.78 bits per heavy atom. The molecule has 0 saturated carbocycles. The molecule has 2 aromatic rings. The minimum absolute atomic E-state index is 0.112. The van der Waals surface area contributed by atoms with E-state index < -0.39 is 0 Å². The van der Waals surface area contributed by atoms with Crippen LogP contribution in [-0.4, -0.2) is 55.2 Å². The summed E-state index contributed by atoms with van der Waals surface area (Å²) in [7, 11) is 0. The summed E-state index contributed by atoms with van der Waals surface area (Å²) in [6, 6.07) is 6.59. The van der Waals surface area contributed by atoms with Gasteiger partial charge in [0.05, 0.1) is 18.9 Å². The fraction of sp³-hybridized carbons (Fsp3) is 0.600. The van der Waals surface area contributed by atoms with E-state index in [1.54, 1.807) is 13.2 Å². The summed E-state index contributed by atoms with van der Waals surface area (Å²) >= 11 is 0. The maximum Gasteiger partial charge on any atom is 0.223 e. The molecule has 2 aliphatic heterocycles. The predicted octanol–water partition coefficient (Wildman–Crippen LogP) is 4.14. The lowest BCUT2D eigenvalue weighted by atomic mass is 10.1. The monoisotopic (exact) mass is 440 g/mol. The van der Waals surface area contributed by atoms with E-state index in [2.05, 4.69) is 33.0 Å². The molecule has 4 rings (SSSR count). The van der Waals surface area contributed by atoms with Gasteiger partial charge < -0.3 is 19.0 Å². The molecule has 7 heteroatoms. The van der Waals surface area contributed by atoms with Crippen LogP contribution in [0.3, 0.4) is 0 Å². The van der Waals surface area contributed by atoms with E-state index >= 15 is 0 Å². The zero-order chi connectivity index (χ0) is 22.3. The number of carbonyl (C=O) groups excluding carboxylic acids is 1. The minimum Gasteiger partial charge on any atom is -0.449 e. The standard InChI is InChI=1S/C25H36N4O3/c1-20-26-23(19-32-20)18-27-10-6-4-3-5-7-11-29(21(2)30)25-9-8-24(16-22(25)17-27)28-12-14-31-15-13-28/h8-9,16,19H,3-7,10-15,17-18H2,1-2H3. The molecule has 174 valence electrons. The Bertz CT molecular complexity index is 891. The molecule has 0 bridgehead atoms. The molecule has 1 saturated heterocycles. The molecule has 0 unspecified atom stereocenters. The summed E-state index contributed by atoms with van der Waals surface area (Å²) in [5.74, 6) is 0.813. The van der Waals surface area contributed by atoms with Crippen molar-refractivity contribution in [3.8, 4) is 0 Å². The average molecular weight is 441 g/mol. The van der Waals surface area contributed by atoms with Crippen LogP contribution in [0.1, 0.15) is 56.2 Å². The molecule has 1 aromatic carbocycles. The van der Waals surface area contributed by atoms with Crippen molar-refractivity contribution < 1.29 is 13.9 Å². The normalized spacial score (nSPS) is 19.2. The van der Waals surface area contributed by atoms with Gasteiger partial charge in [-0.2, -0.15) is 0 Å². The Morgan fingerprint density at radius 3 is 2.50 bits per heavy atom. The fourth-order valence-electron chi connectivity index (χ4n) is 4.73. The van der Waals surface area contributed by atoms with Crippen LogP contribution in [0, 0.1) is 6.92 Å². The number of ether oxygens (including phenoxy) is 1. The first-order valence-electron chi connectivity index (χ1n) is 12.0. The molecule has 0 radical (unpaired) electrons. The smallest absolute Gasteiger partial charge is 0.223 e. The Hall–Kier alpha value is -2.38. The van der Waals surface area contributed by atoms with Crippen LogP contribution in [-0.2, 0) is 22.6 Å². The summed E-state index contributed by atoms with van der Waals surface area (Å²) in [6.45, 7) is 10.2. The maximum atomic E-state index is 12.6. The van der Waals surface area contributed by atoms with Crippen LogP contribution < -0.4 is 9.80 Å². The molecule has 1 amide bonds. The second kappa shape index (κ2) is 11.0. The molecule has 0 spiro atoms. The molecular weight excluding hydrogens is 404 g/mol. The highest BCUT2D eigenvalue weighted by atomic mass is 16.5. The minimum atomic E-state index is 0.112. The van der Waals surface area contributed by atoms with Crippen LogP contribution in [0.2, 0.25) is 0 Å². The van der Waals surface area contributed by atoms with Crippen LogP contribution in [0.15, 0.2) is 28.9 Å². The van der Waals surface area contributed by atoms with Gasteiger partial charge in [0, 0.05) is 57.9 Å². The third kappa shape index (κ3) is 5.90. The van der Waals surface area contributed by atoms with Gasteiger partial charge in [-0.25, -0.2) is 4.98 Å². The molecule has 1 fully saturated rings. The van der Waals surface area contributed by atoms with Crippen molar-refractivity contribution in [2.75, 3.05) is 49.2 Å². The highest BCUT2D eigenvalue weighted by Gasteiger charge is 2.21. The number of rotatable bonds is 3. The number of anilines is 2. The van der Waals surface area contributed by atoms with Gasteiger partial charge in [0.1, 0.15) is 6.26 Å². The highest BCUT2D eigenvalue weighted by molar-refractivity contribution is 5.92. The van der Waals surface area contributed by atoms with Crippen LogP contribution in [0.4, 0.5) is 11.4 Å². The molecule has 2 aliphatic rings. The van der Waals surface area contributed by atoms with E-state index in [1.165, 1.54) is 30.5 Å². The molecular formula is C25H36N4O3. The zero-order valence-electron chi connectivity index (χ0n) is 19.5. The first kappa shape index (κ1) is 22.8. The molecule has 0 aliphatic carbocycles. The lowest BCUT2D eigenvalue weighted by Gasteiger charge is -2.32. The van der Waals surface area contributed by atoms with Gasteiger partial charge in [0.15, 0.2) is 5.89 Å². The number of carbonyl (C=O) groups is 1. The number of hydrogen-bond acceptors (Lipinski definition) is 6. The maximum absolute atomic E-state index is 12.6. The summed E-state index contributed by atoms with van der Waals surface area (Å²) in [4.78, 5) is 23.9. The van der Waals surface area contributed by atoms with Gasteiger partial charge in [0.2, 0.25) is 5.91 Å². The summed E-state index contributed by atoms with van der Waals surface area (Å²) in [5.41, 5.74) is 4.41. The second-order valence-corrected chi connectivity index (χ2v) is 8.92. The van der Waals surface area contributed by atoms with Crippen molar-refractivity contribution in [2.24, 2.45) is 0 Å².